The zero-order valence-electron chi connectivity index (χ0n) is 17.8. The summed E-state index contributed by atoms with van der Waals surface area (Å²) in [6.07, 6.45) is 3.53. The average molecular weight is 449 g/mol. The molecule has 0 aliphatic carbocycles. The highest BCUT2D eigenvalue weighted by Gasteiger charge is 2.26. The first-order valence-corrected chi connectivity index (χ1v) is 11.5. The van der Waals surface area contributed by atoms with Gasteiger partial charge in [0.25, 0.3) is 5.69 Å². The Morgan fingerprint density at radius 2 is 1.81 bits per heavy atom. The van der Waals surface area contributed by atoms with Crippen LogP contribution in [0.15, 0.2) is 47.6 Å². The molecule has 10 nitrogen and oxygen atoms in total. The maximum atomic E-state index is 12.5. The average Bonchev–Trinajstić information content (AvgIpc) is 2.74. The third-order valence-corrected chi connectivity index (χ3v) is 6.63. The quantitative estimate of drug-likeness (QED) is 0.449. The van der Waals surface area contributed by atoms with Gasteiger partial charge >= 0.3 is 0 Å². The highest BCUT2D eigenvalue weighted by Crippen LogP contribution is 2.31. The van der Waals surface area contributed by atoms with Crippen molar-refractivity contribution in [1.82, 2.24) is 19.5 Å². The van der Waals surface area contributed by atoms with Crippen LogP contribution in [-0.4, -0.2) is 81.5 Å². The first kappa shape index (κ1) is 23.1. The van der Waals surface area contributed by atoms with Crippen molar-refractivity contribution in [3.63, 3.8) is 0 Å². The van der Waals surface area contributed by atoms with Gasteiger partial charge in [-0.2, -0.15) is 0 Å². The molecular weight excluding hydrogens is 420 g/mol. The molecule has 0 saturated carbocycles. The van der Waals surface area contributed by atoms with E-state index in [4.69, 9.17) is 0 Å². The lowest BCUT2D eigenvalue weighted by molar-refractivity contribution is -0.384. The number of nitrogens with one attached hydrogen (secondary N) is 1. The summed E-state index contributed by atoms with van der Waals surface area (Å²) in [5.41, 5.74) is 1.42. The Bertz CT molecular complexity index is 992. The molecule has 0 unspecified atom stereocenters. The van der Waals surface area contributed by atoms with Crippen LogP contribution in [0.25, 0.3) is 0 Å². The van der Waals surface area contributed by atoms with Crippen LogP contribution in [0.5, 0.6) is 0 Å². The van der Waals surface area contributed by atoms with Crippen LogP contribution in [0.4, 0.5) is 11.4 Å². The summed E-state index contributed by atoms with van der Waals surface area (Å²) in [5.74, 6) is 0. The Morgan fingerprint density at radius 1 is 1.13 bits per heavy atom. The van der Waals surface area contributed by atoms with Gasteiger partial charge in [0.05, 0.1) is 9.82 Å². The number of hydrogen-bond acceptors (Lipinski definition) is 8. The lowest BCUT2D eigenvalue weighted by atomic mass is 10.2. The maximum absolute atomic E-state index is 12.5. The van der Waals surface area contributed by atoms with Gasteiger partial charge < -0.3 is 9.80 Å². The molecular formula is C20H28N6O4S. The van der Waals surface area contributed by atoms with Crippen molar-refractivity contribution in [2.45, 2.75) is 11.4 Å². The van der Waals surface area contributed by atoms with Crippen molar-refractivity contribution in [2.75, 3.05) is 58.3 Å². The van der Waals surface area contributed by atoms with Gasteiger partial charge in [-0.05, 0) is 43.9 Å². The van der Waals surface area contributed by atoms with Gasteiger partial charge in [-0.25, -0.2) is 13.1 Å². The third-order valence-electron chi connectivity index (χ3n) is 5.17. The second-order valence-corrected chi connectivity index (χ2v) is 9.49. The van der Waals surface area contributed by atoms with Crippen molar-refractivity contribution < 1.29 is 13.3 Å². The largest absolute Gasteiger partial charge is 0.363 e. The van der Waals surface area contributed by atoms with Gasteiger partial charge in [-0.3, -0.25) is 20.0 Å². The molecule has 1 aliphatic rings. The molecule has 0 atom stereocenters. The zero-order valence-corrected chi connectivity index (χ0v) is 18.6. The number of likely N-dealkylation sites (N-methyl/N-ethyl adjacent to an activating group) is 1. The number of hydrogen-bond donors (Lipinski definition) is 1. The number of anilines is 1. The first-order valence-electron chi connectivity index (χ1n) is 10.1. The van der Waals surface area contributed by atoms with Crippen molar-refractivity contribution in [3.8, 4) is 0 Å². The van der Waals surface area contributed by atoms with E-state index in [1.165, 1.54) is 17.7 Å². The van der Waals surface area contributed by atoms with Crippen molar-refractivity contribution in [3.05, 3.63) is 58.4 Å². The summed E-state index contributed by atoms with van der Waals surface area (Å²) < 4.78 is 27.5. The van der Waals surface area contributed by atoms with Gasteiger partial charge in [0.1, 0.15) is 5.69 Å². The molecule has 3 rings (SSSR count). The van der Waals surface area contributed by atoms with E-state index < -0.39 is 14.9 Å². The van der Waals surface area contributed by atoms with Crippen LogP contribution in [0, 0.1) is 10.1 Å². The Morgan fingerprint density at radius 3 is 2.42 bits per heavy atom. The van der Waals surface area contributed by atoms with Gasteiger partial charge in [-0.15, -0.1) is 0 Å². The molecule has 1 fully saturated rings. The van der Waals surface area contributed by atoms with Crippen LogP contribution in [0.3, 0.4) is 0 Å². The van der Waals surface area contributed by atoms with E-state index in [0.717, 1.165) is 25.7 Å². The van der Waals surface area contributed by atoms with Crippen molar-refractivity contribution in [2.24, 2.45) is 0 Å². The van der Waals surface area contributed by atoms with Crippen molar-refractivity contribution in [1.29, 1.82) is 0 Å². The molecule has 31 heavy (non-hydrogen) atoms. The van der Waals surface area contributed by atoms with Crippen LogP contribution < -0.4 is 9.62 Å². The molecule has 1 aromatic heterocycles. The number of aromatic nitrogens is 1. The Balaban J connectivity index is 1.70. The summed E-state index contributed by atoms with van der Waals surface area (Å²) in [7, 11) is -0.140. The van der Waals surface area contributed by atoms with E-state index in [2.05, 4.69) is 14.6 Å². The molecule has 1 aliphatic heterocycles. The van der Waals surface area contributed by atoms with E-state index >= 15 is 0 Å². The smallest absolute Gasteiger partial charge is 0.293 e. The van der Waals surface area contributed by atoms with Crippen LogP contribution >= 0.6 is 0 Å². The van der Waals surface area contributed by atoms with Crippen LogP contribution in [0.2, 0.25) is 0 Å². The Labute approximate surface area is 182 Å². The number of piperazine rings is 1. The maximum Gasteiger partial charge on any atom is 0.293 e. The summed E-state index contributed by atoms with van der Waals surface area (Å²) in [4.78, 5) is 21.2. The first-order chi connectivity index (χ1) is 14.8. The topological polar surface area (TPSA) is 112 Å². The number of pyridine rings is 1. The van der Waals surface area contributed by atoms with Crippen LogP contribution in [0.1, 0.15) is 5.56 Å². The fourth-order valence-electron chi connectivity index (χ4n) is 3.46. The molecule has 1 saturated heterocycles. The summed E-state index contributed by atoms with van der Waals surface area (Å²) >= 11 is 0. The fraction of sp³-hybridized carbons (Fsp3) is 0.450. The van der Waals surface area contributed by atoms with E-state index in [1.807, 2.05) is 36.0 Å². The molecule has 1 aromatic carbocycles. The molecule has 168 valence electrons. The number of nitro groups is 1. The van der Waals surface area contributed by atoms with E-state index in [-0.39, 0.29) is 17.1 Å². The molecule has 0 radical (unpaired) electrons. The molecule has 0 bridgehead atoms. The van der Waals surface area contributed by atoms with Gasteiger partial charge in [0.2, 0.25) is 10.0 Å². The van der Waals surface area contributed by atoms with E-state index in [1.54, 1.807) is 12.4 Å². The van der Waals surface area contributed by atoms with Gasteiger partial charge in [0, 0.05) is 64.3 Å². The van der Waals surface area contributed by atoms with Crippen molar-refractivity contribution >= 4 is 21.4 Å². The molecule has 1 N–H and O–H groups in total. The highest BCUT2D eigenvalue weighted by molar-refractivity contribution is 7.89. The number of rotatable bonds is 9. The minimum Gasteiger partial charge on any atom is -0.363 e. The van der Waals surface area contributed by atoms with Gasteiger partial charge in [0.15, 0.2) is 0 Å². The minimum absolute atomic E-state index is 0.0990. The third kappa shape index (κ3) is 6.20. The normalized spacial score (nSPS) is 15.4. The lowest BCUT2D eigenvalue weighted by Crippen LogP contribution is -2.46. The monoisotopic (exact) mass is 448 g/mol. The molecule has 2 aromatic rings. The number of nitrogens with zero attached hydrogens (tertiary/aromatic N) is 5. The molecule has 11 heteroatoms. The minimum atomic E-state index is -3.82. The predicted molar refractivity (Wildman–Crippen MR) is 119 cm³/mol. The zero-order chi connectivity index (χ0) is 22.4. The molecule has 0 spiro atoms. The predicted octanol–water partition coefficient (Wildman–Crippen LogP) is 1.15. The molecule has 2 heterocycles. The van der Waals surface area contributed by atoms with E-state index in [0.29, 0.717) is 25.3 Å². The fourth-order valence-corrected chi connectivity index (χ4v) is 4.50. The van der Waals surface area contributed by atoms with Gasteiger partial charge in [-0.1, -0.05) is 0 Å². The Hall–Kier alpha value is -2.60. The second-order valence-electron chi connectivity index (χ2n) is 7.73. The lowest BCUT2D eigenvalue weighted by Gasteiger charge is -2.35. The van der Waals surface area contributed by atoms with E-state index in [9.17, 15) is 18.5 Å². The number of nitro benzene ring substituents is 1. The Kier molecular flexibility index (Phi) is 7.55. The SMILES string of the molecule is CN(C)CCNS(=O)(=O)c1ccc(N2CCN(Cc3ccncc3)CC2)c([N+](=O)[O-])c1. The summed E-state index contributed by atoms with van der Waals surface area (Å²) in [5, 5.41) is 11.7. The number of benzene rings is 1. The molecule has 0 amide bonds. The standard InChI is InChI=1S/C20H28N6O4S/c1-23(2)10-9-22-31(29,30)18-3-4-19(20(15-18)26(27)28)25-13-11-24(12-14-25)16-17-5-7-21-8-6-17/h3-8,15,22H,9-14,16H2,1-2H3. The summed E-state index contributed by atoms with van der Waals surface area (Å²) in [6, 6.07) is 8.07. The second kappa shape index (κ2) is 10.1. The highest BCUT2D eigenvalue weighted by atomic mass is 32.2. The number of sulfonamides is 1. The van der Waals surface area contributed by atoms with Crippen LogP contribution in [-0.2, 0) is 16.6 Å². The summed E-state index contributed by atoms with van der Waals surface area (Å²) in [6.45, 7) is 4.32.